The number of amides is 1. The van der Waals surface area contributed by atoms with Gasteiger partial charge in [-0.2, -0.15) is 0 Å². The molecular weight excluding hydrogens is 279 g/mol. The van der Waals surface area contributed by atoms with Gasteiger partial charge in [-0.1, -0.05) is 35.9 Å². The van der Waals surface area contributed by atoms with Crippen molar-refractivity contribution < 1.29 is 9.18 Å². The van der Waals surface area contributed by atoms with E-state index in [0.717, 1.165) is 29.8 Å². The van der Waals surface area contributed by atoms with Gasteiger partial charge in [0.05, 0.1) is 5.56 Å². The van der Waals surface area contributed by atoms with Crippen molar-refractivity contribution in [2.24, 2.45) is 5.92 Å². The zero-order valence-corrected chi connectivity index (χ0v) is 12.5. The summed E-state index contributed by atoms with van der Waals surface area (Å²) in [5, 5.41) is 5.93. The summed E-state index contributed by atoms with van der Waals surface area (Å²) < 4.78 is 14.2. The number of benzene rings is 2. The van der Waals surface area contributed by atoms with Gasteiger partial charge < -0.3 is 10.6 Å². The van der Waals surface area contributed by atoms with Crippen LogP contribution in [0.15, 0.2) is 42.5 Å². The first-order valence-electron chi connectivity index (χ1n) is 7.49. The lowest BCUT2D eigenvalue weighted by molar-refractivity contribution is 0.0938. The van der Waals surface area contributed by atoms with Crippen LogP contribution < -0.4 is 10.6 Å². The summed E-state index contributed by atoms with van der Waals surface area (Å²) in [4.78, 5) is 12.0. The molecule has 0 bridgehead atoms. The van der Waals surface area contributed by atoms with Gasteiger partial charge in [0.2, 0.25) is 0 Å². The fourth-order valence-corrected chi connectivity index (χ4v) is 2.45. The summed E-state index contributed by atoms with van der Waals surface area (Å²) in [6.45, 7) is 4.42. The molecule has 0 spiro atoms. The van der Waals surface area contributed by atoms with Crippen LogP contribution in [0.5, 0.6) is 0 Å². The Hall–Kier alpha value is -2.20. The maximum Gasteiger partial charge on any atom is 0.254 e. The third-order valence-corrected chi connectivity index (χ3v) is 4.02. The zero-order valence-electron chi connectivity index (χ0n) is 12.5. The molecule has 0 unspecified atom stereocenters. The van der Waals surface area contributed by atoms with Gasteiger partial charge in [0, 0.05) is 25.6 Å². The highest BCUT2D eigenvalue weighted by Gasteiger charge is 2.19. The summed E-state index contributed by atoms with van der Waals surface area (Å²) >= 11 is 0. The largest absolute Gasteiger partial charge is 0.352 e. The van der Waals surface area contributed by atoms with E-state index in [1.807, 2.05) is 31.2 Å². The molecule has 0 saturated carbocycles. The number of halogens is 1. The Morgan fingerprint density at radius 3 is 2.45 bits per heavy atom. The van der Waals surface area contributed by atoms with E-state index < -0.39 is 5.82 Å². The fourth-order valence-electron chi connectivity index (χ4n) is 2.45. The van der Waals surface area contributed by atoms with Gasteiger partial charge in [-0.3, -0.25) is 4.79 Å². The third kappa shape index (κ3) is 3.17. The fraction of sp³-hybridized carbons (Fsp3) is 0.278. The number of carbonyl (C=O) groups is 1. The standard InChI is InChI=1S/C18H19FN2O/c1-12-2-4-14(5-3-12)15-6-7-16(17(19)8-15)18(22)21-11-13-9-20-10-13/h2-8,13,20H,9-11H2,1H3,(H,21,22). The van der Waals surface area contributed by atoms with Gasteiger partial charge in [0.15, 0.2) is 0 Å². The van der Waals surface area contributed by atoms with Crippen LogP contribution in [0.4, 0.5) is 4.39 Å². The van der Waals surface area contributed by atoms with Crippen molar-refractivity contribution in [1.29, 1.82) is 0 Å². The topological polar surface area (TPSA) is 41.1 Å². The quantitative estimate of drug-likeness (QED) is 0.911. The molecule has 0 aromatic heterocycles. The Balaban J connectivity index is 1.73. The monoisotopic (exact) mass is 298 g/mol. The van der Waals surface area contributed by atoms with Crippen molar-refractivity contribution in [3.05, 3.63) is 59.4 Å². The predicted octanol–water partition coefficient (Wildman–Crippen LogP) is 2.75. The van der Waals surface area contributed by atoms with Crippen LogP contribution in [-0.2, 0) is 0 Å². The molecule has 2 aromatic rings. The second-order valence-electron chi connectivity index (χ2n) is 5.79. The zero-order chi connectivity index (χ0) is 15.5. The smallest absolute Gasteiger partial charge is 0.254 e. The molecule has 3 nitrogen and oxygen atoms in total. The number of hydrogen-bond donors (Lipinski definition) is 2. The van der Waals surface area contributed by atoms with E-state index in [1.54, 1.807) is 12.1 Å². The molecule has 4 heteroatoms. The summed E-state index contributed by atoms with van der Waals surface area (Å²) in [5.41, 5.74) is 2.98. The molecule has 0 radical (unpaired) electrons. The highest BCUT2D eigenvalue weighted by molar-refractivity contribution is 5.95. The summed E-state index contributed by atoms with van der Waals surface area (Å²) in [6, 6.07) is 12.6. The van der Waals surface area contributed by atoms with Crippen LogP contribution in [0.1, 0.15) is 15.9 Å². The lowest BCUT2D eigenvalue weighted by Gasteiger charge is -2.27. The lowest BCUT2D eigenvalue weighted by Crippen LogP contribution is -2.48. The number of aryl methyl sites for hydroxylation is 1. The van der Waals surface area contributed by atoms with Crippen LogP contribution in [0.25, 0.3) is 11.1 Å². The van der Waals surface area contributed by atoms with Gasteiger partial charge >= 0.3 is 0 Å². The minimum absolute atomic E-state index is 0.100. The van der Waals surface area contributed by atoms with Crippen LogP contribution in [-0.4, -0.2) is 25.5 Å². The van der Waals surface area contributed by atoms with Crippen molar-refractivity contribution in [2.75, 3.05) is 19.6 Å². The molecule has 1 aliphatic rings. The normalized spacial score (nSPS) is 14.5. The van der Waals surface area contributed by atoms with E-state index in [9.17, 15) is 9.18 Å². The molecule has 1 fully saturated rings. The van der Waals surface area contributed by atoms with Crippen LogP contribution in [0, 0.1) is 18.7 Å². The first-order valence-corrected chi connectivity index (χ1v) is 7.49. The molecule has 1 amide bonds. The number of hydrogen-bond acceptors (Lipinski definition) is 2. The van der Waals surface area contributed by atoms with Crippen LogP contribution >= 0.6 is 0 Å². The first-order chi connectivity index (χ1) is 10.6. The Morgan fingerprint density at radius 2 is 1.86 bits per heavy atom. The molecule has 114 valence electrons. The molecule has 0 aliphatic carbocycles. The molecular formula is C18H19FN2O. The molecule has 2 aromatic carbocycles. The Kier molecular flexibility index (Phi) is 4.20. The molecule has 2 N–H and O–H groups in total. The highest BCUT2D eigenvalue weighted by Crippen LogP contribution is 2.22. The number of nitrogens with one attached hydrogen (secondary N) is 2. The van der Waals surface area contributed by atoms with E-state index in [-0.39, 0.29) is 11.5 Å². The number of rotatable bonds is 4. The Labute approximate surface area is 129 Å². The van der Waals surface area contributed by atoms with E-state index in [2.05, 4.69) is 10.6 Å². The lowest BCUT2D eigenvalue weighted by atomic mass is 10.0. The Bertz CT molecular complexity index is 678. The van der Waals surface area contributed by atoms with Gasteiger partial charge in [-0.05, 0) is 30.2 Å². The maximum atomic E-state index is 14.2. The van der Waals surface area contributed by atoms with Crippen molar-refractivity contribution in [3.8, 4) is 11.1 Å². The molecule has 1 aliphatic heterocycles. The molecule has 3 rings (SSSR count). The van der Waals surface area contributed by atoms with Crippen molar-refractivity contribution >= 4 is 5.91 Å². The first kappa shape index (κ1) is 14.7. The van der Waals surface area contributed by atoms with Crippen molar-refractivity contribution in [2.45, 2.75) is 6.92 Å². The second-order valence-corrected chi connectivity index (χ2v) is 5.79. The summed E-state index contributed by atoms with van der Waals surface area (Å²) in [7, 11) is 0. The minimum atomic E-state index is -0.484. The van der Waals surface area contributed by atoms with Gasteiger partial charge in [-0.15, -0.1) is 0 Å². The van der Waals surface area contributed by atoms with E-state index in [1.165, 1.54) is 6.07 Å². The van der Waals surface area contributed by atoms with Gasteiger partial charge in [0.1, 0.15) is 5.82 Å². The number of carbonyl (C=O) groups excluding carboxylic acids is 1. The van der Waals surface area contributed by atoms with E-state index in [4.69, 9.17) is 0 Å². The van der Waals surface area contributed by atoms with Gasteiger partial charge in [-0.25, -0.2) is 4.39 Å². The highest BCUT2D eigenvalue weighted by atomic mass is 19.1. The molecule has 0 atom stereocenters. The van der Waals surface area contributed by atoms with Crippen LogP contribution in [0.2, 0.25) is 0 Å². The van der Waals surface area contributed by atoms with E-state index >= 15 is 0 Å². The van der Waals surface area contributed by atoms with Crippen molar-refractivity contribution in [1.82, 2.24) is 10.6 Å². The average Bonchev–Trinajstić information content (AvgIpc) is 2.46. The minimum Gasteiger partial charge on any atom is -0.352 e. The SMILES string of the molecule is Cc1ccc(-c2ccc(C(=O)NCC3CNC3)c(F)c2)cc1. The third-order valence-electron chi connectivity index (χ3n) is 4.02. The van der Waals surface area contributed by atoms with Gasteiger partial charge in [0.25, 0.3) is 5.91 Å². The summed E-state index contributed by atoms with van der Waals surface area (Å²) in [5.74, 6) is -0.374. The van der Waals surface area contributed by atoms with Crippen molar-refractivity contribution in [3.63, 3.8) is 0 Å². The van der Waals surface area contributed by atoms with E-state index in [0.29, 0.717) is 12.5 Å². The second kappa shape index (κ2) is 6.28. The maximum absolute atomic E-state index is 14.2. The summed E-state index contributed by atoms with van der Waals surface area (Å²) in [6.07, 6.45) is 0. The molecule has 22 heavy (non-hydrogen) atoms. The molecule has 1 saturated heterocycles. The Morgan fingerprint density at radius 1 is 1.18 bits per heavy atom. The molecule has 1 heterocycles. The average molecular weight is 298 g/mol. The predicted molar refractivity (Wildman–Crippen MR) is 85.3 cm³/mol. The van der Waals surface area contributed by atoms with Crippen LogP contribution in [0.3, 0.4) is 0 Å².